The van der Waals surface area contributed by atoms with E-state index in [1.54, 1.807) is 18.2 Å². The number of benzene rings is 1. The molecular weight excluding hydrogens is 320 g/mol. The lowest BCUT2D eigenvalue weighted by atomic mass is 10.1. The van der Waals surface area contributed by atoms with Gasteiger partial charge in [-0.1, -0.05) is 39.3 Å². The fourth-order valence-electron chi connectivity index (χ4n) is 1.83. The third-order valence-corrected chi connectivity index (χ3v) is 3.20. The van der Waals surface area contributed by atoms with Crippen LogP contribution in [0.3, 0.4) is 0 Å². The summed E-state index contributed by atoms with van der Waals surface area (Å²) < 4.78 is 6.24. The minimum atomic E-state index is 0.377. The Balaban J connectivity index is 1.84. The van der Waals surface area contributed by atoms with Crippen molar-refractivity contribution in [3.63, 3.8) is 0 Å². The molecule has 2 heterocycles. The number of rotatable bonds is 3. The van der Waals surface area contributed by atoms with E-state index in [2.05, 4.69) is 31.1 Å². The van der Waals surface area contributed by atoms with Gasteiger partial charge in [-0.3, -0.25) is 0 Å². The molecule has 0 amide bonds. The zero-order chi connectivity index (χ0) is 13.9. The second-order valence-electron chi connectivity index (χ2n) is 4.27. The van der Waals surface area contributed by atoms with Crippen LogP contribution in [0.15, 0.2) is 51.5 Å². The number of hydrogen-bond acceptors (Lipinski definition) is 5. The molecule has 0 aliphatic heterocycles. The first-order valence-electron chi connectivity index (χ1n) is 6.00. The van der Waals surface area contributed by atoms with Crippen LogP contribution in [0.5, 0.6) is 0 Å². The van der Waals surface area contributed by atoms with Gasteiger partial charge in [0.2, 0.25) is 0 Å². The molecule has 5 nitrogen and oxygen atoms in total. The predicted octanol–water partition coefficient (Wildman–Crippen LogP) is 3.07. The zero-order valence-electron chi connectivity index (χ0n) is 10.5. The summed E-state index contributed by atoms with van der Waals surface area (Å²) in [6, 6.07) is 13.3. The quantitative estimate of drug-likeness (QED) is 0.798. The highest BCUT2D eigenvalue weighted by molar-refractivity contribution is 9.10. The Labute approximate surface area is 124 Å². The van der Waals surface area contributed by atoms with Crippen LogP contribution in [0.25, 0.3) is 11.6 Å². The van der Waals surface area contributed by atoms with Crippen molar-refractivity contribution >= 4 is 21.7 Å². The molecule has 0 saturated carbocycles. The largest absolute Gasteiger partial charge is 0.384 e. The lowest BCUT2D eigenvalue weighted by Crippen LogP contribution is -1.93. The van der Waals surface area contributed by atoms with Gasteiger partial charge in [-0.2, -0.15) is 4.98 Å². The summed E-state index contributed by atoms with van der Waals surface area (Å²) in [5, 5.41) is 3.96. The highest BCUT2D eigenvalue weighted by Crippen LogP contribution is 2.18. The van der Waals surface area contributed by atoms with Crippen LogP contribution in [-0.2, 0) is 6.42 Å². The Morgan fingerprint density at radius 3 is 2.75 bits per heavy atom. The maximum absolute atomic E-state index is 5.64. The molecule has 0 saturated heterocycles. The van der Waals surface area contributed by atoms with Crippen molar-refractivity contribution < 1.29 is 4.52 Å². The lowest BCUT2D eigenvalue weighted by Gasteiger charge is -1.97. The monoisotopic (exact) mass is 330 g/mol. The number of hydrogen-bond donors (Lipinski definition) is 1. The van der Waals surface area contributed by atoms with Crippen LogP contribution >= 0.6 is 15.9 Å². The summed E-state index contributed by atoms with van der Waals surface area (Å²) in [5.74, 6) is 1.42. The van der Waals surface area contributed by atoms with Crippen LogP contribution < -0.4 is 5.73 Å². The molecule has 0 bridgehead atoms. The summed E-state index contributed by atoms with van der Waals surface area (Å²) in [7, 11) is 0. The molecule has 0 radical (unpaired) electrons. The van der Waals surface area contributed by atoms with Crippen LogP contribution in [0.2, 0.25) is 0 Å². The summed E-state index contributed by atoms with van der Waals surface area (Å²) in [6.45, 7) is 0. The van der Waals surface area contributed by atoms with Gasteiger partial charge in [-0.15, -0.1) is 0 Å². The topological polar surface area (TPSA) is 77.8 Å². The highest BCUT2D eigenvalue weighted by atomic mass is 79.9. The average Bonchev–Trinajstić information content (AvgIpc) is 2.87. The van der Waals surface area contributed by atoms with E-state index >= 15 is 0 Å². The maximum atomic E-state index is 5.64. The Kier molecular flexibility index (Phi) is 3.47. The van der Waals surface area contributed by atoms with Gasteiger partial charge in [-0.25, -0.2) is 4.98 Å². The summed E-state index contributed by atoms with van der Waals surface area (Å²) in [4.78, 5) is 8.49. The molecule has 0 atom stereocenters. The molecule has 2 N–H and O–H groups in total. The molecule has 0 aliphatic rings. The minimum Gasteiger partial charge on any atom is -0.384 e. The number of pyridine rings is 1. The Bertz CT molecular complexity index is 741. The molecule has 3 rings (SSSR count). The highest BCUT2D eigenvalue weighted by Gasteiger charge is 2.10. The number of halogens is 1. The molecule has 3 aromatic rings. The number of anilines is 1. The van der Waals surface area contributed by atoms with Gasteiger partial charge in [0.05, 0.1) is 0 Å². The van der Waals surface area contributed by atoms with Crippen molar-refractivity contribution in [3.8, 4) is 11.6 Å². The molecule has 1 aromatic carbocycles. The van der Waals surface area contributed by atoms with Crippen molar-refractivity contribution in [2.24, 2.45) is 0 Å². The van der Waals surface area contributed by atoms with Gasteiger partial charge in [0.1, 0.15) is 11.5 Å². The predicted molar refractivity (Wildman–Crippen MR) is 78.9 cm³/mol. The van der Waals surface area contributed by atoms with E-state index in [0.717, 1.165) is 10.0 Å². The van der Waals surface area contributed by atoms with Crippen molar-refractivity contribution in [3.05, 3.63) is 58.3 Å². The molecule has 2 aromatic heterocycles. The van der Waals surface area contributed by atoms with Gasteiger partial charge in [0.25, 0.3) is 5.89 Å². The molecule has 0 spiro atoms. The summed E-state index contributed by atoms with van der Waals surface area (Å²) in [5.41, 5.74) is 7.32. The first-order chi connectivity index (χ1) is 9.70. The van der Waals surface area contributed by atoms with Crippen LogP contribution in [0.1, 0.15) is 11.4 Å². The molecule has 100 valence electrons. The van der Waals surface area contributed by atoms with E-state index in [0.29, 0.717) is 29.6 Å². The van der Waals surface area contributed by atoms with Crippen LogP contribution in [0, 0.1) is 0 Å². The van der Waals surface area contributed by atoms with Crippen molar-refractivity contribution in [2.75, 3.05) is 5.73 Å². The Hall–Kier alpha value is -2.21. The molecule has 6 heteroatoms. The third-order valence-electron chi connectivity index (χ3n) is 2.71. The second-order valence-corrected chi connectivity index (χ2v) is 5.19. The number of nitrogens with two attached hydrogens (primary N) is 1. The SMILES string of the molecule is Nc1cccc(-c2nc(Cc3cccc(Br)c3)no2)n1. The van der Waals surface area contributed by atoms with E-state index in [9.17, 15) is 0 Å². The van der Waals surface area contributed by atoms with Gasteiger partial charge in [0.15, 0.2) is 5.82 Å². The van der Waals surface area contributed by atoms with Gasteiger partial charge < -0.3 is 10.3 Å². The molecular formula is C14H11BrN4O. The standard InChI is InChI=1S/C14H11BrN4O/c15-10-4-1-3-9(7-10)8-13-18-14(20-19-13)11-5-2-6-12(16)17-11/h1-7H,8H2,(H2,16,17). The van der Waals surface area contributed by atoms with Gasteiger partial charge in [-0.05, 0) is 29.8 Å². The van der Waals surface area contributed by atoms with Crippen molar-refractivity contribution in [1.82, 2.24) is 15.1 Å². The second kappa shape index (κ2) is 5.42. The van der Waals surface area contributed by atoms with Crippen molar-refractivity contribution in [2.45, 2.75) is 6.42 Å². The smallest absolute Gasteiger partial charge is 0.276 e. The molecule has 0 fully saturated rings. The van der Waals surface area contributed by atoms with Gasteiger partial charge >= 0.3 is 0 Å². The lowest BCUT2D eigenvalue weighted by molar-refractivity contribution is 0.422. The Morgan fingerprint density at radius 2 is 1.95 bits per heavy atom. The van der Waals surface area contributed by atoms with Crippen molar-refractivity contribution in [1.29, 1.82) is 0 Å². The number of nitrogens with zero attached hydrogens (tertiary/aromatic N) is 3. The maximum Gasteiger partial charge on any atom is 0.276 e. The van der Waals surface area contributed by atoms with Crippen LogP contribution in [0.4, 0.5) is 5.82 Å². The van der Waals surface area contributed by atoms with E-state index in [-0.39, 0.29) is 0 Å². The zero-order valence-corrected chi connectivity index (χ0v) is 12.0. The van der Waals surface area contributed by atoms with E-state index in [4.69, 9.17) is 10.3 Å². The first-order valence-corrected chi connectivity index (χ1v) is 6.80. The molecule has 20 heavy (non-hydrogen) atoms. The third kappa shape index (κ3) is 2.85. The normalized spacial score (nSPS) is 10.7. The first kappa shape index (κ1) is 12.8. The summed E-state index contributed by atoms with van der Waals surface area (Å²) in [6.07, 6.45) is 0.602. The van der Waals surface area contributed by atoms with Crippen LogP contribution in [-0.4, -0.2) is 15.1 Å². The number of aromatic nitrogens is 3. The molecule has 0 unspecified atom stereocenters. The van der Waals surface area contributed by atoms with E-state index in [1.165, 1.54) is 0 Å². The number of nitrogen functional groups attached to an aromatic ring is 1. The van der Waals surface area contributed by atoms with Gasteiger partial charge in [0, 0.05) is 10.9 Å². The summed E-state index contributed by atoms with van der Waals surface area (Å²) >= 11 is 3.44. The Morgan fingerprint density at radius 1 is 1.10 bits per heavy atom. The fraction of sp³-hybridized carbons (Fsp3) is 0.0714. The molecule has 0 aliphatic carbocycles. The van der Waals surface area contributed by atoms with E-state index < -0.39 is 0 Å². The fourth-order valence-corrected chi connectivity index (χ4v) is 2.28. The minimum absolute atomic E-state index is 0.377. The van der Waals surface area contributed by atoms with E-state index in [1.807, 2.05) is 24.3 Å². The average molecular weight is 331 g/mol.